The van der Waals surface area contributed by atoms with Crippen LogP contribution in [0.2, 0.25) is 5.02 Å². The van der Waals surface area contributed by atoms with Crippen molar-refractivity contribution in [3.8, 4) is 0 Å². The molecule has 0 radical (unpaired) electrons. The minimum Gasteiger partial charge on any atom is -0.372 e. The number of hydrogen-bond donors (Lipinski definition) is 0. The molecule has 0 atom stereocenters. The number of aryl methyl sites for hydroxylation is 1. The second-order valence-corrected chi connectivity index (χ2v) is 8.51. The third-order valence-electron chi connectivity index (χ3n) is 5.15. The Bertz CT molecular complexity index is 1000. The molecule has 4 rings (SSSR count). The number of morpholine rings is 1. The van der Waals surface area contributed by atoms with Gasteiger partial charge < -0.3 is 9.64 Å². The van der Waals surface area contributed by atoms with Crippen molar-refractivity contribution in [1.82, 2.24) is 25.0 Å². The van der Waals surface area contributed by atoms with Crippen molar-refractivity contribution < 1.29 is 4.74 Å². The normalized spacial score (nSPS) is 16.5. The summed E-state index contributed by atoms with van der Waals surface area (Å²) in [4.78, 5) is 11.9. The summed E-state index contributed by atoms with van der Waals surface area (Å²) in [6.07, 6.45) is 2.98. The molecule has 1 aromatic carbocycles. The van der Waals surface area contributed by atoms with E-state index in [1.54, 1.807) is 0 Å². The van der Waals surface area contributed by atoms with Gasteiger partial charge in [-0.3, -0.25) is 0 Å². The molecule has 0 saturated carbocycles. The molecule has 3 heterocycles. The van der Waals surface area contributed by atoms with Gasteiger partial charge in [-0.15, -0.1) is 5.10 Å². The monoisotopic (exact) mass is 414 g/mol. The van der Waals surface area contributed by atoms with Crippen LogP contribution in [0.1, 0.15) is 45.0 Å². The molecule has 0 aliphatic carbocycles. The number of aromatic nitrogens is 5. The van der Waals surface area contributed by atoms with E-state index in [1.807, 2.05) is 28.9 Å². The Kier molecular flexibility index (Phi) is 5.69. The Morgan fingerprint density at radius 2 is 2.03 bits per heavy atom. The highest BCUT2D eigenvalue weighted by molar-refractivity contribution is 6.31. The lowest BCUT2D eigenvalue weighted by atomic mass is 10.1. The zero-order valence-electron chi connectivity index (χ0n) is 17.2. The number of hydrogen-bond acceptors (Lipinski definition) is 6. The molecule has 0 bridgehead atoms. The first kappa shape index (κ1) is 20.0. The highest BCUT2D eigenvalue weighted by atomic mass is 35.5. The lowest BCUT2D eigenvalue weighted by molar-refractivity contribution is -0.0278. The number of halogens is 1. The van der Waals surface area contributed by atoms with Crippen LogP contribution < -0.4 is 4.90 Å². The van der Waals surface area contributed by atoms with Gasteiger partial charge in [0.05, 0.1) is 18.8 Å². The number of anilines is 1. The number of benzene rings is 1. The summed E-state index contributed by atoms with van der Waals surface area (Å²) in [6, 6.07) is 7.79. The van der Waals surface area contributed by atoms with E-state index < -0.39 is 0 Å². The molecule has 29 heavy (non-hydrogen) atoms. The maximum Gasteiger partial charge on any atom is 0.184 e. The van der Waals surface area contributed by atoms with E-state index in [-0.39, 0.29) is 5.60 Å². The number of rotatable bonds is 6. The van der Waals surface area contributed by atoms with E-state index in [4.69, 9.17) is 26.3 Å². The van der Waals surface area contributed by atoms with Crippen molar-refractivity contribution in [2.75, 3.05) is 24.6 Å². The molecular formula is C21H27ClN6O. The molecule has 154 valence electrons. The first-order chi connectivity index (χ1) is 14.0. The molecule has 0 unspecified atom stereocenters. The van der Waals surface area contributed by atoms with Crippen molar-refractivity contribution >= 4 is 28.6 Å². The fourth-order valence-corrected chi connectivity index (χ4v) is 3.84. The lowest BCUT2D eigenvalue weighted by Gasteiger charge is -2.38. The van der Waals surface area contributed by atoms with Gasteiger partial charge in [-0.25, -0.2) is 14.6 Å². The van der Waals surface area contributed by atoms with Crippen molar-refractivity contribution in [2.45, 2.75) is 52.2 Å². The van der Waals surface area contributed by atoms with Gasteiger partial charge in [-0.2, -0.15) is 0 Å². The van der Waals surface area contributed by atoms with Crippen LogP contribution in [-0.2, 0) is 17.7 Å². The highest BCUT2D eigenvalue weighted by Gasteiger charge is 2.30. The Morgan fingerprint density at radius 1 is 1.21 bits per heavy atom. The number of ether oxygens (including phenoxy) is 1. The predicted octanol–water partition coefficient (Wildman–Crippen LogP) is 3.88. The fourth-order valence-electron chi connectivity index (χ4n) is 3.64. The number of unbranched alkanes of at least 4 members (excludes halogenated alkanes) is 1. The van der Waals surface area contributed by atoms with Gasteiger partial charge in [0, 0.05) is 24.5 Å². The second kappa shape index (κ2) is 8.24. The summed E-state index contributed by atoms with van der Waals surface area (Å²) >= 11 is 6.36. The van der Waals surface area contributed by atoms with Gasteiger partial charge in [-0.1, -0.05) is 48.4 Å². The van der Waals surface area contributed by atoms with Crippen molar-refractivity contribution in [2.24, 2.45) is 0 Å². The van der Waals surface area contributed by atoms with Gasteiger partial charge in [-0.05, 0) is 31.9 Å². The molecule has 8 heteroatoms. The number of fused-ring (bicyclic) bond motifs is 1. The van der Waals surface area contributed by atoms with E-state index in [0.717, 1.165) is 60.7 Å². The Hall–Kier alpha value is -2.25. The fraction of sp³-hybridized carbons (Fsp3) is 0.524. The molecular weight excluding hydrogens is 388 g/mol. The van der Waals surface area contributed by atoms with Crippen LogP contribution >= 0.6 is 11.6 Å². The molecule has 1 aliphatic rings. The summed E-state index contributed by atoms with van der Waals surface area (Å²) in [5.74, 6) is 1.68. The molecule has 1 aliphatic heterocycles. The van der Waals surface area contributed by atoms with E-state index in [1.165, 1.54) is 0 Å². The van der Waals surface area contributed by atoms with Gasteiger partial charge in [0.25, 0.3) is 0 Å². The molecule has 3 aromatic rings. The Morgan fingerprint density at radius 3 is 2.79 bits per heavy atom. The quantitative estimate of drug-likeness (QED) is 0.609. The third-order valence-corrected chi connectivity index (χ3v) is 5.52. The minimum absolute atomic E-state index is 0.230. The smallest absolute Gasteiger partial charge is 0.184 e. The number of nitrogens with zero attached hydrogens (tertiary/aromatic N) is 6. The molecule has 1 saturated heterocycles. The summed E-state index contributed by atoms with van der Waals surface area (Å²) in [5, 5.41) is 9.56. The van der Waals surface area contributed by atoms with Crippen LogP contribution in [0.4, 0.5) is 5.82 Å². The molecule has 2 aromatic heterocycles. The molecule has 0 spiro atoms. The zero-order valence-corrected chi connectivity index (χ0v) is 18.0. The van der Waals surface area contributed by atoms with Crippen LogP contribution in [0, 0.1) is 0 Å². The van der Waals surface area contributed by atoms with E-state index in [0.29, 0.717) is 18.2 Å². The topological polar surface area (TPSA) is 69.0 Å². The van der Waals surface area contributed by atoms with Crippen molar-refractivity contribution in [3.05, 3.63) is 40.7 Å². The Balaban J connectivity index is 1.76. The Labute approximate surface area is 176 Å². The maximum absolute atomic E-state index is 6.36. The van der Waals surface area contributed by atoms with Crippen LogP contribution in [-0.4, -0.2) is 50.3 Å². The van der Waals surface area contributed by atoms with Crippen LogP contribution in [0.5, 0.6) is 0 Å². The predicted molar refractivity (Wildman–Crippen MR) is 115 cm³/mol. The first-order valence-corrected chi connectivity index (χ1v) is 10.6. The minimum atomic E-state index is -0.230. The van der Waals surface area contributed by atoms with Crippen LogP contribution in [0.25, 0.3) is 11.2 Å². The largest absolute Gasteiger partial charge is 0.372 e. The third kappa shape index (κ3) is 4.36. The molecule has 0 amide bonds. The van der Waals surface area contributed by atoms with Gasteiger partial charge in [0.15, 0.2) is 17.0 Å². The average molecular weight is 415 g/mol. The summed E-state index contributed by atoms with van der Waals surface area (Å²) in [7, 11) is 0. The van der Waals surface area contributed by atoms with Crippen LogP contribution in [0.3, 0.4) is 0 Å². The van der Waals surface area contributed by atoms with Crippen LogP contribution in [0.15, 0.2) is 24.3 Å². The average Bonchev–Trinajstić information content (AvgIpc) is 3.09. The summed E-state index contributed by atoms with van der Waals surface area (Å²) in [6.45, 7) is 9.09. The van der Waals surface area contributed by atoms with Gasteiger partial charge in [0.1, 0.15) is 5.82 Å². The molecule has 1 fully saturated rings. The van der Waals surface area contributed by atoms with E-state index >= 15 is 0 Å². The first-order valence-electron chi connectivity index (χ1n) is 10.2. The second-order valence-electron chi connectivity index (χ2n) is 8.11. The standard InChI is InChI=1S/C21H27ClN6O/c1-4-5-10-17-23-19(27-11-12-29-21(2,3)14-27)18-20(24-17)28(26-25-18)13-15-8-6-7-9-16(15)22/h6-9H,4-5,10-14H2,1-3H3. The van der Waals surface area contributed by atoms with Gasteiger partial charge >= 0.3 is 0 Å². The highest BCUT2D eigenvalue weighted by Crippen LogP contribution is 2.28. The van der Waals surface area contributed by atoms with Crippen molar-refractivity contribution in [1.29, 1.82) is 0 Å². The SMILES string of the molecule is CCCCc1nc(N2CCOC(C)(C)C2)c2nnn(Cc3ccccc3Cl)c2n1. The molecule has 7 nitrogen and oxygen atoms in total. The lowest BCUT2D eigenvalue weighted by Crippen LogP contribution is -2.48. The zero-order chi connectivity index (χ0) is 20.4. The maximum atomic E-state index is 6.36. The van der Waals surface area contributed by atoms with Crippen molar-refractivity contribution in [3.63, 3.8) is 0 Å². The van der Waals surface area contributed by atoms with E-state index in [2.05, 4.69) is 36.0 Å². The summed E-state index contributed by atoms with van der Waals surface area (Å²) < 4.78 is 7.70. The van der Waals surface area contributed by atoms with E-state index in [9.17, 15) is 0 Å². The van der Waals surface area contributed by atoms with Gasteiger partial charge in [0.2, 0.25) is 0 Å². The molecule has 0 N–H and O–H groups in total. The summed E-state index contributed by atoms with van der Waals surface area (Å²) in [5.41, 5.74) is 2.25.